The molecular weight excluding hydrogens is 156 g/mol. The van der Waals surface area contributed by atoms with Crippen molar-refractivity contribution in [2.75, 3.05) is 13.7 Å². The topological polar surface area (TPSA) is 38.7 Å². The summed E-state index contributed by atoms with van der Waals surface area (Å²) in [6.07, 6.45) is 0.395. The smallest absolute Gasteiger partial charge is 0.109 e. The number of ether oxygens (including phenoxy) is 2. The van der Waals surface area contributed by atoms with Crippen LogP contribution in [0.15, 0.2) is 0 Å². The van der Waals surface area contributed by atoms with E-state index in [9.17, 15) is 5.11 Å². The van der Waals surface area contributed by atoms with Gasteiger partial charge in [0.25, 0.3) is 0 Å². The van der Waals surface area contributed by atoms with Crippen LogP contribution in [0.3, 0.4) is 0 Å². The van der Waals surface area contributed by atoms with Crippen molar-refractivity contribution in [3.8, 4) is 0 Å². The van der Waals surface area contributed by atoms with E-state index in [-0.39, 0.29) is 12.2 Å². The van der Waals surface area contributed by atoms with E-state index in [0.29, 0.717) is 12.5 Å². The van der Waals surface area contributed by atoms with Gasteiger partial charge in [0, 0.05) is 7.11 Å². The third kappa shape index (κ3) is 1.79. The summed E-state index contributed by atoms with van der Waals surface area (Å²) in [5, 5.41) is 9.70. The first-order valence-electron chi connectivity index (χ1n) is 4.53. The Morgan fingerprint density at radius 1 is 1.67 bits per heavy atom. The molecule has 0 aromatic rings. The molecule has 0 aromatic carbocycles. The van der Waals surface area contributed by atoms with Crippen LogP contribution in [0, 0.1) is 5.92 Å². The molecule has 72 valence electrons. The van der Waals surface area contributed by atoms with E-state index in [2.05, 4.69) is 13.8 Å². The van der Waals surface area contributed by atoms with Crippen LogP contribution in [0.25, 0.3) is 0 Å². The summed E-state index contributed by atoms with van der Waals surface area (Å²) in [6, 6.07) is 0. The maximum Gasteiger partial charge on any atom is 0.109 e. The van der Waals surface area contributed by atoms with Gasteiger partial charge in [0.15, 0.2) is 0 Å². The monoisotopic (exact) mass is 174 g/mol. The fourth-order valence-corrected chi connectivity index (χ4v) is 1.56. The van der Waals surface area contributed by atoms with E-state index in [1.54, 1.807) is 7.11 Å². The highest BCUT2D eigenvalue weighted by Crippen LogP contribution is 2.24. The van der Waals surface area contributed by atoms with Crippen molar-refractivity contribution in [1.82, 2.24) is 0 Å². The second-order valence-electron chi connectivity index (χ2n) is 3.45. The molecule has 0 unspecified atom stereocenters. The van der Waals surface area contributed by atoms with Crippen LogP contribution in [0.4, 0.5) is 0 Å². The maximum absolute atomic E-state index is 9.70. The van der Waals surface area contributed by atoms with Crippen LogP contribution in [0.2, 0.25) is 0 Å². The first kappa shape index (κ1) is 9.96. The number of rotatable bonds is 3. The highest BCUT2D eigenvalue weighted by molar-refractivity contribution is 4.86. The fraction of sp³-hybridized carbons (Fsp3) is 1.00. The van der Waals surface area contributed by atoms with Gasteiger partial charge in [0.05, 0.1) is 12.7 Å². The molecule has 0 amide bonds. The molecule has 1 N–H and O–H groups in total. The quantitative estimate of drug-likeness (QED) is 0.688. The summed E-state index contributed by atoms with van der Waals surface area (Å²) >= 11 is 0. The Kier molecular flexibility index (Phi) is 3.50. The highest BCUT2D eigenvalue weighted by Gasteiger charge is 2.38. The molecule has 0 aliphatic carbocycles. The van der Waals surface area contributed by atoms with Gasteiger partial charge >= 0.3 is 0 Å². The van der Waals surface area contributed by atoms with E-state index >= 15 is 0 Å². The van der Waals surface area contributed by atoms with Crippen molar-refractivity contribution in [1.29, 1.82) is 0 Å². The van der Waals surface area contributed by atoms with Crippen LogP contribution >= 0.6 is 0 Å². The predicted octanol–water partition coefficient (Wildman–Crippen LogP) is 0.807. The lowest BCUT2D eigenvalue weighted by Gasteiger charge is -2.21. The Morgan fingerprint density at radius 2 is 2.33 bits per heavy atom. The zero-order chi connectivity index (χ0) is 9.14. The molecule has 3 nitrogen and oxygen atoms in total. The summed E-state index contributed by atoms with van der Waals surface area (Å²) < 4.78 is 10.5. The third-order valence-corrected chi connectivity index (χ3v) is 2.68. The Morgan fingerprint density at radius 3 is 2.75 bits per heavy atom. The standard InChI is InChI=1S/C9H18O3/c1-4-6(2)9-8(10)7(11-3)5-12-9/h6-10H,4-5H2,1-3H3/t6-,7-,8-,9-/m1/s1. The summed E-state index contributed by atoms with van der Waals surface area (Å²) in [4.78, 5) is 0. The lowest BCUT2D eigenvalue weighted by atomic mass is 9.97. The zero-order valence-corrected chi connectivity index (χ0v) is 7.99. The Labute approximate surface area is 73.7 Å². The minimum Gasteiger partial charge on any atom is -0.388 e. The zero-order valence-electron chi connectivity index (χ0n) is 7.99. The van der Waals surface area contributed by atoms with Crippen molar-refractivity contribution >= 4 is 0 Å². The SMILES string of the molecule is CC[C@@H](C)[C@H]1OC[C@@H](OC)[C@H]1O. The van der Waals surface area contributed by atoms with Crippen molar-refractivity contribution in [2.45, 2.75) is 38.6 Å². The van der Waals surface area contributed by atoms with Gasteiger partial charge < -0.3 is 14.6 Å². The van der Waals surface area contributed by atoms with Gasteiger partial charge in [0.2, 0.25) is 0 Å². The van der Waals surface area contributed by atoms with Gasteiger partial charge in [-0.3, -0.25) is 0 Å². The second kappa shape index (κ2) is 4.21. The van der Waals surface area contributed by atoms with E-state index in [1.165, 1.54) is 0 Å². The molecule has 1 aliphatic rings. The molecule has 0 radical (unpaired) electrons. The van der Waals surface area contributed by atoms with Gasteiger partial charge in [-0.2, -0.15) is 0 Å². The van der Waals surface area contributed by atoms with Crippen LogP contribution in [0.5, 0.6) is 0 Å². The summed E-state index contributed by atoms with van der Waals surface area (Å²) in [6.45, 7) is 4.71. The molecule has 1 rings (SSSR count). The lowest BCUT2D eigenvalue weighted by molar-refractivity contribution is -0.0139. The van der Waals surface area contributed by atoms with Crippen LogP contribution in [-0.4, -0.2) is 37.1 Å². The van der Waals surface area contributed by atoms with E-state index in [1.807, 2.05) is 0 Å². The predicted molar refractivity (Wildman–Crippen MR) is 46.0 cm³/mol. The largest absolute Gasteiger partial charge is 0.388 e. The normalized spacial score (nSPS) is 38.5. The third-order valence-electron chi connectivity index (χ3n) is 2.68. The molecule has 1 saturated heterocycles. The molecule has 0 saturated carbocycles. The van der Waals surface area contributed by atoms with Crippen molar-refractivity contribution in [3.05, 3.63) is 0 Å². The summed E-state index contributed by atoms with van der Waals surface area (Å²) in [5.74, 6) is 0.403. The van der Waals surface area contributed by atoms with Crippen molar-refractivity contribution in [3.63, 3.8) is 0 Å². The maximum atomic E-state index is 9.70. The number of aliphatic hydroxyl groups is 1. The van der Waals surface area contributed by atoms with Crippen LogP contribution in [-0.2, 0) is 9.47 Å². The van der Waals surface area contributed by atoms with Crippen LogP contribution < -0.4 is 0 Å². The van der Waals surface area contributed by atoms with E-state index in [0.717, 1.165) is 6.42 Å². The first-order chi connectivity index (χ1) is 5.70. The summed E-state index contributed by atoms with van der Waals surface area (Å²) in [7, 11) is 1.61. The van der Waals surface area contributed by atoms with E-state index in [4.69, 9.17) is 9.47 Å². The Hall–Kier alpha value is -0.120. The summed E-state index contributed by atoms with van der Waals surface area (Å²) in [5.41, 5.74) is 0. The average Bonchev–Trinajstić information content (AvgIpc) is 2.45. The number of hydrogen-bond acceptors (Lipinski definition) is 3. The highest BCUT2D eigenvalue weighted by atomic mass is 16.6. The Balaban J connectivity index is 2.48. The molecule has 4 atom stereocenters. The molecular formula is C9H18O3. The lowest BCUT2D eigenvalue weighted by Crippen LogP contribution is -2.34. The molecule has 12 heavy (non-hydrogen) atoms. The molecule has 1 fully saturated rings. The second-order valence-corrected chi connectivity index (χ2v) is 3.45. The minimum absolute atomic E-state index is 0.0417. The van der Waals surface area contributed by atoms with Gasteiger partial charge in [-0.15, -0.1) is 0 Å². The van der Waals surface area contributed by atoms with Gasteiger partial charge in [0.1, 0.15) is 12.2 Å². The molecule has 0 aromatic heterocycles. The number of aliphatic hydroxyl groups excluding tert-OH is 1. The average molecular weight is 174 g/mol. The number of methoxy groups -OCH3 is 1. The van der Waals surface area contributed by atoms with Gasteiger partial charge in [-0.25, -0.2) is 0 Å². The first-order valence-corrected chi connectivity index (χ1v) is 4.53. The van der Waals surface area contributed by atoms with E-state index < -0.39 is 6.10 Å². The van der Waals surface area contributed by atoms with Crippen LogP contribution in [0.1, 0.15) is 20.3 Å². The fourth-order valence-electron chi connectivity index (χ4n) is 1.56. The molecule has 3 heteroatoms. The van der Waals surface area contributed by atoms with Gasteiger partial charge in [-0.05, 0) is 5.92 Å². The molecule has 1 heterocycles. The minimum atomic E-state index is -0.454. The van der Waals surface area contributed by atoms with Crippen molar-refractivity contribution in [2.24, 2.45) is 5.92 Å². The van der Waals surface area contributed by atoms with Gasteiger partial charge in [-0.1, -0.05) is 20.3 Å². The molecule has 1 aliphatic heterocycles. The molecule has 0 bridgehead atoms. The number of hydrogen-bond donors (Lipinski definition) is 1. The Bertz CT molecular complexity index is 138. The van der Waals surface area contributed by atoms with Crippen molar-refractivity contribution < 1.29 is 14.6 Å². The molecule has 0 spiro atoms.